The van der Waals surface area contributed by atoms with Crippen LogP contribution in [0, 0.1) is 19.8 Å². The maximum atomic E-state index is 6.00. The number of hydrogen-bond acceptors (Lipinski definition) is 2. The summed E-state index contributed by atoms with van der Waals surface area (Å²) in [5.41, 5.74) is 9.56. The zero-order valence-corrected chi connectivity index (χ0v) is 14.2. The third-order valence-electron chi connectivity index (χ3n) is 4.37. The Balaban J connectivity index is 1.79. The molecule has 0 aromatic heterocycles. The Kier molecular flexibility index (Phi) is 6.25. The molecule has 1 unspecified atom stereocenters. The highest BCUT2D eigenvalue weighted by atomic mass is 15.1. The van der Waals surface area contributed by atoms with Gasteiger partial charge in [-0.2, -0.15) is 0 Å². The molecule has 1 fully saturated rings. The normalized spacial score (nSPS) is 18.2. The molecule has 4 heteroatoms. The number of nitrogens with two attached hydrogens (primary N) is 1. The minimum Gasteiger partial charge on any atom is -0.370 e. The number of piperidine rings is 1. The summed E-state index contributed by atoms with van der Waals surface area (Å²) in [6, 6.07) is 6.25. The summed E-state index contributed by atoms with van der Waals surface area (Å²) >= 11 is 0. The first kappa shape index (κ1) is 16.8. The third kappa shape index (κ3) is 5.34. The van der Waals surface area contributed by atoms with Crippen LogP contribution in [0.15, 0.2) is 23.2 Å². The molecule has 1 atom stereocenters. The lowest BCUT2D eigenvalue weighted by molar-refractivity contribution is 0.203. The van der Waals surface area contributed by atoms with E-state index < -0.39 is 0 Å². The number of aliphatic imine (C=N–C) groups is 1. The molecule has 1 aromatic carbocycles. The van der Waals surface area contributed by atoms with E-state index in [4.69, 9.17) is 5.73 Å². The Bertz CT molecular complexity index is 504. The number of likely N-dealkylation sites (tertiary alicyclic amines) is 1. The maximum Gasteiger partial charge on any atom is 0.193 e. The molecule has 22 heavy (non-hydrogen) atoms. The van der Waals surface area contributed by atoms with Gasteiger partial charge in [0.15, 0.2) is 5.96 Å². The van der Waals surface area contributed by atoms with Gasteiger partial charge < -0.3 is 16.0 Å². The average Bonchev–Trinajstić information content (AvgIpc) is 2.50. The highest BCUT2D eigenvalue weighted by Gasteiger charge is 2.13. The molecule has 1 aromatic rings. The summed E-state index contributed by atoms with van der Waals surface area (Å²) in [5, 5.41) is 3.18. The van der Waals surface area contributed by atoms with Crippen molar-refractivity contribution in [2.45, 2.75) is 40.0 Å². The molecule has 0 amide bonds. The van der Waals surface area contributed by atoms with Crippen LogP contribution in [-0.4, -0.2) is 37.0 Å². The quantitative estimate of drug-likeness (QED) is 0.649. The molecule has 1 aliphatic rings. The molecule has 122 valence electrons. The van der Waals surface area contributed by atoms with Crippen LogP contribution in [0.1, 0.15) is 37.3 Å². The molecular formula is C18H30N4. The minimum absolute atomic E-state index is 0.508. The van der Waals surface area contributed by atoms with Crippen molar-refractivity contribution in [3.8, 4) is 0 Å². The maximum absolute atomic E-state index is 6.00. The van der Waals surface area contributed by atoms with Crippen LogP contribution in [0.5, 0.6) is 0 Å². The van der Waals surface area contributed by atoms with E-state index in [2.05, 4.69) is 48.1 Å². The van der Waals surface area contributed by atoms with Gasteiger partial charge in [0, 0.05) is 18.8 Å². The van der Waals surface area contributed by atoms with Gasteiger partial charge in [0.1, 0.15) is 0 Å². The number of nitrogens with zero attached hydrogens (tertiary/aromatic N) is 2. The van der Waals surface area contributed by atoms with Gasteiger partial charge in [0.05, 0.1) is 0 Å². The second kappa shape index (κ2) is 8.18. The van der Waals surface area contributed by atoms with Crippen LogP contribution in [-0.2, 0) is 0 Å². The van der Waals surface area contributed by atoms with Gasteiger partial charge in [-0.1, -0.05) is 19.4 Å². The number of guanidine groups is 1. The molecule has 0 bridgehead atoms. The molecule has 1 heterocycles. The van der Waals surface area contributed by atoms with E-state index in [1.165, 1.54) is 43.5 Å². The molecule has 0 aliphatic carbocycles. The standard InChI is InChI=1S/C18H30N4/c1-14(13-22-9-5-4-6-10-22)12-20-18(19)21-17-8-7-15(2)16(3)11-17/h7-8,11,14H,4-6,9-10,12-13H2,1-3H3,(H3,19,20,21). The summed E-state index contributed by atoms with van der Waals surface area (Å²) in [6.07, 6.45) is 4.06. The Morgan fingerprint density at radius 2 is 1.95 bits per heavy atom. The number of anilines is 1. The van der Waals surface area contributed by atoms with E-state index in [0.717, 1.165) is 18.8 Å². The molecule has 0 spiro atoms. The van der Waals surface area contributed by atoms with E-state index in [9.17, 15) is 0 Å². The second-order valence-corrected chi connectivity index (χ2v) is 6.62. The van der Waals surface area contributed by atoms with Crippen molar-refractivity contribution in [3.63, 3.8) is 0 Å². The van der Waals surface area contributed by atoms with Crippen molar-refractivity contribution in [3.05, 3.63) is 29.3 Å². The van der Waals surface area contributed by atoms with Gasteiger partial charge in [-0.25, -0.2) is 0 Å². The molecule has 0 radical (unpaired) electrons. The number of nitrogens with one attached hydrogen (secondary N) is 1. The molecule has 2 rings (SSSR count). The Morgan fingerprint density at radius 3 is 2.64 bits per heavy atom. The van der Waals surface area contributed by atoms with Crippen LogP contribution in [0.2, 0.25) is 0 Å². The van der Waals surface area contributed by atoms with Crippen molar-refractivity contribution in [2.24, 2.45) is 16.6 Å². The van der Waals surface area contributed by atoms with Crippen molar-refractivity contribution in [1.29, 1.82) is 0 Å². The van der Waals surface area contributed by atoms with E-state index in [1.807, 2.05) is 6.07 Å². The monoisotopic (exact) mass is 302 g/mol. The minimum atomic E-state index is 0.508. The largest absolute Gasteiger partial charge is 0.370 e. The summed E-state index contributed by atoms with van der Waals surface area (Å²) in [5.74, 6) is 1.05. The summed E-state index contributed by atoms with van der Waals surface area (Å²) in [6.45, 7) is 10.9. The number of rotatable bonds is 5. The molecular weight excluding hydrogens is 272 g/mol. The highest BCUT2D eigenvalue weighted by Crippen LogP contribution is 2.14. The average molecular weight is 302 g/mol. The van der Waals surface area contributed by atoms with Gasteiger partial charge >= 0.3 is 0 Å². The van der Waals surface area contributed by atoms with Crippen LogP contribution in [0.3, 0.4) is 0 Å². The van der Waals surface area contributed by atoms with Crippen LogP contribution >= 0.6 is 0 Å². The van der Waals surface area contributed by atoms with Crippen LogP contribution in [0.25, 0.3) is 0 Å². The lowest BCUT2D eigenvalue weighted by Gasteiger charge is -2.28. The first-order chi connectivity index (χ1) is 10.5. The zero-order valence-electron chi connectivity index (χ0n) is 14.2. The van der Waals surface area contributed by atoms with Crippen molar-refractivity contribution in [1.82, 2.24) is 4.90 Å². The predicted molar refractivity (Wildman–Crippen MR) is 95.5 cm³/mol. The molecule has 1 aliphatic heterocycles. The first-order valence-corrected chi connectivity index (χ1v) is 8.41. The zero-order chi connectivity index (χ0) is 15.9. The molecule has 3 N–H and O–H groups in total. The van der Waals surface area contributed by atoms with Gasteiger partial charge in [0.2, 0.25) is 0 Å². The summed E-state index contributed by atoms with van der Waals surface area (Å²) in [7, 11) is 0. The van der Waals surface area contributed by atoms with Crippen molar-refractivity contribution in [2.75, 3.05) is 31.5 Å². The number of aryl methyl sites for hydroxylation is 2. The van der Waals surface area contributed by atoms with Crippen molar-refractivity contribution >= 4 is 11.6 Å². The fourth-order valence-electron chi connectivity index (χ4n) is 2.90. The Morgan fingerprint density at radius 1 is 1.23 bits per heavy atom. The summed E-state index contributed by atoms with van der Waals surface area (Å²) in [4.78, 5) is 7.05. The van der Waals surface area contributed by atoms with Gasteiger partial charge in [-0.05, 0) is 69.0 Å². The SMILES string of the molecule is Cc1ccc(NC(N)=NCC(C)CN2CCCCC2)cc1C. The fraction of sp³-hybridized carbons (Fsp3) is 0.611. The lowest BCUT2D eigenvalue weighted by Crippen LogP contribution is -2.34. The van der Waals surface area contributed by atoms with E-state index in [-0.39, 0.29) is 0 Å². The first-order valence-electron chi connectivity index (χ1n) is 8.41. The molecule has 4 nitrogen and oxygen atoms in total. The van der Waals surface area contributed by atoms with E-state index in [0.29, 0.717) is 11.9 Å². The Hall–Kier alpha value is -1.55. The number of hydrogen-bond donors (Lipinski definition) is 2. The smallest absolute Gasteiger partial charge is 0.193 e. The van der Waals surface area contributed by atoms with Gasteiger partial charge in [-0.15, -0.1) is 0 Å². The predicted octanol–water partition coefficient (Wildman–Crippen LogP) is 3.15. The van der Waals surface area contributed by atoms with Gasteiger partial charge in [-0.3, -0.25) is 4.99 Å². The lowest BCUT2D eigenvalue weighted by atomic mass is 10.1. The second-order valence-electron chi connectivity index (χ2n) is 6.62. The highest BCUT2D eigenvalue weighted by molar-refractivity contribution is 5.92. The number of benzene rings is 1. The van der Waals surface area contributed by atoms with Gasteiger partial charge in [0.25, 0.3) is 0 Å². The van der Waals surface area contributed by atoms with E-state index >= 15 is 0 Å². The van der Waals surface area contributed by atoms with Crippen LogP contribution < -0.4 is 11.1 Å². The molecule has 1 saturated heterocycles. The van der Waals surface area contributed by atoms with E-state index in [1.54, 1.807) is 0 Å². The summed E-state index contributed by atoms with van der Waals surface area (Å²) < 4.78 is 0. The molecule has 0 saturated carbocycles. The Labute approximate surface area is 134 Å². The topological polar surface area (TPSA) is 53.6 Å². The van der Waals surface area contributed by atoms with Crippen LogP contribution in [0.4, 0.5) is 5.69 Å². The third-order valence-corrected chi connectivity index (χ3v) is 4.37. The fourth-order valence-corrected chi connectivity index (χ4v) is 2.90. The van der Waals surface area contributed by atoms with Crippen molar-refractivity contribution < 1.29 is 0 Å².